The molecule has 4 aromatic rings. The molecule has 6 heteroatoms. The third kappa shape index (κ3) is 3.96. The predicted molar refractivity (Wildman–Crippen MR) is 108 cm³/mol. The van der Waals surface area contributed by atoms with Gasteiger partial charge in [-0.2, -0.15) is 0 Å². The summed E-state index contributed by atoms with van der Waals surface area (Å²) in [5.41, 5.74) is 2.20. The highest BCUT2D eigenvalue weighted by Gasteiger charge is 2.09. The molecule has 1 aromatic heterocycles. The van der Waals surface area contributed by atoms with Crippen LogP contribution in [-0.2, 0) is 0 Å². The molecule has 0 radical (unpaired) electrons. The Labute approximate surface area is 164 Å². The summed E-state index contributed by atoms with van der Waals surface area (Å²) in [5, 5.41) is 4.20. The molecule has 4 rings (SSSR count). The van der Waals surface area contributed by atoms with E-state index < -0.39 is 5.97 Å². The first kappa shape index (κ1) is 17.2. The summed E-state index contributed by atoms with van der Waals surface area (Å²) in [7, 11) is 0. The largest absolute Gasteiger partial charge is 0.423 e. The number of ether oxygens (including phenoxy) is 1. The van der Waals surface area contributed by atoms with Crippen molar-refractivity contribution >= 4 is 44.3 Å². The molecule has 0 unspecified atom stereocenters. The summed E-state index contributed by atoms with van der Waals surface area (Å²) < 4.78 is 6.32. The normalized spacial score (nSPS) is 10.6. The van der Waals surface area contributed by atoms with Crippen molar-refractivity contribution in [2.75, 3.05) is 5.32 Å². The second-order valence-corrected chi connectivity index (χ2v) is 6.70. The van der Waals surface area contributed by atoms with Gasteiger partial charge in [0, 0.05) is 15.5 Å². The van der Waals surface area contributed by atoms with Crippen LogP contribution in [0.2, 0.25) is 0 Å². The number of nitrogens with one attached hydrogen (secondary N) is 1. The fraction of sp³-hybridized carbons (Fsp3) is 0. The van der Waals surface area contributed by atoms with Gasteiger partial charge in [-0.05, 0) is 60.7 Å². The van der Waals surface area contributed by atoms with E-state index in [1.807, 2.05) is 36.4 Å². The molecule has 0 aliphatic rings. The Kier molecular flexibility index (Phi) is 4.80. The number of anilines is 2. The zero-order valence-corrected chi connectivity index (χ0v) is 15.7. The summed E-state index contributed by atoms with van der Waals surface area (Å²) in [6.07, 6.45) is 1.53. The Hall–Kier alpha value is -3.25. The van der Waals surface area contributed by atoms with Crippen LogP contribution in [0.5, 0.6) is 5.75 Å². The molecule has 0 bridgehead atoms. The molecule has 0 spiro atoms. The van der Waals surface area contributed by atoms with Crippen LogP contribution in [0, 0.1) is 0 Å². The number of carbonyl (C=O) groups excluding carboxylic acids is 1. The van der Waals surface area contributed by atoms with Crippen molar-refractivity contribution in [2.45, 2.75) is 0 Å². The standard InChI is InChI=1S/C21H14BrN3O2/c22-15-7-5-14(6-8-15)21(26)27-17-11-9-16(10-12-17)25-20-18-3-1-2-4-19(18)23-13-24-20/h1-13H,(H,23,24,25). The molecular weight excluding hydrogens is 406 g/mol. The summed E-state index contributed by atoms with van der Waals surface area (Å²) in [6, 6.07) is 22.0. The van der Waals surface area contributed by atoms with Crippen molar-refractivity contribution < 1.29 is 9.53 Å². The average molecular weight is 420 g/mol. The smallest absolute Gasteiger partial charge is 0.343 e. The summed E-state index contributed by atoms with van der Waals surface area (Å²) in [6.45, 7) is 0. The number of benzene rings is 3. The monoisotopic (exact) mass is 419 g/mol. The maximum Gasteiger partial charge on any atom is 0.343 e. The molecule has 0 saturated heterocycles. The van der Waals surface area contributed by atoms with Crippen molar-refractivity contribution in [3.63, 3.8) is 0 Å². The lowest BCUT2D eigenvalue weighted by Gasteiger charge is -2.09. The second-order valence-electron chi connectivity index (χ2n) is 5.79. The van der Waals surface area contributed by atoms with Crippen LogP contribution >= 0.6 is 15.9 Å². The quantitative estimate of drug-likeness (QED) is 0.356. The van der Waals surface area contributed by atoms with Crippen molar-refractivity contribution in [1.29, 1.82) is 0 Å². The highest BCUT2D eigenvalue weighted by Crippen LogP contribution is 2.24. The van der Waals surface area contributed by atoms with E-state index in [2.05, 4.69) is 31.2 Å². The van der Waals surface area contributed by atoms with Gasteiger partial charge in [0.05, 0.1) is 11.1 Å². The van der Waals surface area contributed by atoms with Crippen molar-refractivity contribution in [1.82, 2.24) is 9.97 Å². The van der Waals surface area contributed by atoms with Gasteiger partial charge in [0.2, 0.25) is 0 Å². The van der Waals surface area contributed by atoms with Gasteiger partial charge in [-0.25, -0.2) is 14.8 Å². The topological polar surface area (TPSA) is 64.1 Å². The maximum atomic E-state index is 12.2. The van der Waals surface area contributed by atoms with Gasteiger partial charge in [0.25, 0.3) is 0 Å². The number of halogens is 1. The Morgan fingerprint density at radius 1 is 0.889 bits per heavy atom. The van der Waals surface area contributed by atoms with Crippen LogP contribution in [0.1, 0.15) is 10.4 Å². The first-order chi connectivity index (χ1) is 13.2. The molecule has 0 aliphatic heterocycles. The predicted octanol–water partition coefficient (Wildman–Crippen LogP) is 5.36. The summed E-state index contributed by atoms with van der Waals surface area (Å²) in [4.78, 5) is 20.7. The van der Waals surface area contributed by atoms with E-state index >= 15 is 0 Å². The number of fused-ring (bicyclic) bond motifs is 1. The van der Waals surface area contributed by atoms with Crippen LogP contribution in [0.3, 0.4) is 0 Å². The molecule has 5 nitrogen and oxygen atoms in total. The Bertz CT molecular complexity index is 1090. The molecule has 0 saturated carbocycles. The number of hydrogen-bond donors (Lipinski definition) is 1. The van der Waals surface area contributed by atoms with Crippen LogP contribution in [0.25, 0.3) is 10.9 Å². The summed E-state index contributed by atoms with van der Waals surface area (Å²) in [5.74, 6) is 0.797. The molecular formula is C21H14BrN3O2. The van der Waals surface area contributed by atoms with Crippen LogP contribution in [-0.4, -0.2) is 15.9 Å². The Morgan fingerprint density at radius 3 is 2.41 bits per heavy atom. The molecule has 0 aliphatic carbocycles. The lowest BCUT2D eigenvalue weighted by Crippen LogP contribution is -2.08. The molecule has 0 amide bonds. The zero-order valence-electron chi connectivity index (χ0n) is 14.1. The SMILES string of the molecule is O=C(Oc1ccc(Nc2ncnc3ccccc23)cc1)c1ccc(Br)cc1. The highest BCUT2D eigenvalue weighted by molar-refractivity contribution is 9.10. The number of aromatic nitrogens is 2. The van der Waals surface area contributed by atoms with Gasteiger partial charge in [0.15, 0.2) is 0 Å². The average Bonchev–Trinajstić information content (AvgIpc) is 2.70. The Balaban J connectivity index is 1.49. The molecule has 1 N–H and O–H groups in total. The van der Waals surface area contributed by atoms with Crippen LogP contribution < -0.4 is 10.1 Å². The number of rotatable bonds is 4. The van der Waals surface area contributed by atoms with E-state index in [1.54, 1.807) is 36.4 Å². The minimum atomic E-state index is -0.398. The van der Waals surface area contributed by atoms with E-state index in [1.165, 1.54) is 6.33 Å². The molecule has 132 valence electrons. The van der Waals surface area contributed by atoms with Crippen molar-refractivity contribution in [3.8, 4) is 5.75 Å². The maximum absolute atomic E-state index is 12.2. The lowest BCUT2D eigenvalue weighted by atomic mass is 10.2. The van der Waals surface area contributed by atoms with Gasteiger partial charge in [0.1, 0.15) is 17.9 Å². The number of carbonyl (C=O) groups is 1. The van der Waals surface area contributed by atoms with E-state index in [-0.39, 0.29) is 0 Å². The minimum Gasteiger partial charge on any atom is -0.423 e. The van der Waals surface area contributed by atoms with E-state index in [0.29, 0.717) is 11.3 Å². The molecule has 0 fully saturated rings. The number of nitrogens with zero attached hydrogens (tertiary/aromatic N) is 2. The van der Waals surface area contributed by atoms with Gasteiger partial charge in [-0.3, -0.25) is 0 Å². The minimum absolute atomic E-state index is 0.398. The fourth-order valence-electron chi connectivity index (χ4n) is 2.60. The number of hydrogen-bond acceptors (Lipinski definition) is 5. The fourth-order valence-corrected chi connectivity index (χ4v) is 2.86. The lowest BCUT2D eigenvalue weighted by molar-refractivity contribution is 0.0735. The number of esters is 1. The van der Waals surface area contributed by atoms with Gasteiger partial charge in [-0.15, -0.1) is 0 Å². The van der Waals surface area contributed by atoms with Crippen LogP contribution in [0.15, 0.2) is 83.6 Å². The second kappa shape index (κ2) is 7.55. The summed E-state index contributed by atoms with van der Waals surface area (Å²) >= 11 is 3.34. The molecule has 1 heterocycles. The first-order valence-corrected chi connectivity index (χ1v) is 9.03. The third-order valence-corrected chi connectivity index (χ3v) is 4.48. The molecule has 0 atom stereocenters. The van der Waals surface area contributed by atoms with Gasteiger partial charge >= 0.3 is 5.97 Å². The van der Waals surface area contributed by atoms with Gasteiger partial charge in [-0.1, -0.05) is 28.1 Å². The van der Waals surface area contributed by atoms with Crippen LogP contribution in [0.4, 0.5) is 11.5 Å². The highest BCUT2D eigenvalue weighted by atomic mass is 79.9. The van der Waals surface area contributed by atoms with E-state index in [0.717, 1.165) is 26.9 Å². The van der Waals surface area contributed by atoms with Crippen molar-refractivity contribution in [2.24, 2.45) is 0 Å². The molecule has 3 aromatic carbocycles. The first-order valence-electron chi connectivity index (χ1n) is 8.24. The third-order valence-electron chi connectivity index (χ3n) is 3.95. The number of para-hydroxylation sites is 1. The van der Waals surface area contributed by atoms with Gasteiger partial charge < -0.3 is 10.1 Å². The molecule has 27 heavy (non-hydrogen) atoms. The van der Waals surface area contributed by atoms with E-state index in [4.69, 9.17) is 4.74 Å². The Morgan fingerprint density at radius 2 is 1.63 bits per heavy atom. The van der Waals surface area contributed by atoms with E-state index in [9.17, 15) is 4.79 Å². The van der Waals surface area contributed by atoms with Crippen molar-refractivity contribution in [3.05, 3.63) is 89.2 Å². The zero-order chi connectivity index (χ0) is 18.6.